The number of aromatic nitrogens is 3. The van der Waals surface area contributed by atoms with Gasteiger partial charge >= 0.3 is 0 Å². The zero-order valence-corrected chi connectivity index (χ0v) is 9.71. The van der Waals surface area contributed by atoms with Gasteiger partial charge in [-0.25, -0.2) is 0 Å². The van der Waals surface area contributed by atoms with E-state index in [2.05, 4.69) is 25.8 Å². The van der Waals surface area contributed by atoms with Crippen LogP contribution in [0.5, 0.6) is 0 Å². The number of nitrogens with two attached hydrogens (primary N) is 1. The summed E-state index contributed by atoms with van der Waals surface area (Å²) < 4.78 is 0. The van der Waals surface area contributed by atoms with E-state index in [1.54, 1.807) is 0 Å². The molecule has 0 saturated heterocycles. The summed E-state index contributed by atoms with van der Waals surface area (Å²) >= 11 is 0. The Hall–Kier alpha value is -2.70. The number of aryl methyl sites for hydroxylation is 1. The smallest absolute Gasteiger partial charge is 0.242 e. The third kappa shape index (κ3) is 2.70. The standard InChI is InChI=1S/C11H12N6O/c1-7-2-4-8(5-3-7)14-10-9(13-6-18)16-17-11(12)15-10/h2-6H,1H3,(H,13,16,18)(H3,12,14,15,17). The van der Waals surface area contributed by atoms with Crippen molar-refractivity contribution in [3.8, 4) is 0 Å². The summed E-state index contributed by atoms with van der Waals surface area (Å²) in [6.07, 6.45) is 0.502. The number of hydrogen-bond donors (Lipinski definition) is 3. The van der Waals surface area contributed by atoms with Crippen molar-refractivity contribution in [2.75, 3.05) is 16.4 Å². The second kappa shape index (κ2) is 5.09. The first-order valence-electron chi connectivity index (χ1n) is 5.23. The van der Waals surface area contributed by atoms with Crippen LogP contribution in [0.15, 0.2) is 24.3 Å². The summed E-state index contributed by atoms with van der Waals surface area (Å²) in [6.45, 7) is 1.99. The molecule has 2 aromatic rings. The fraction of sp³-hybridized carbons (Fsp3) is 0.0909. The Morgan fingerprint density at radius 1 is 1.17 bits per heavy atom. The van der Waals surface area contributed by atoms with Crippen LogP contribution in [0.25, 0.3) is 0 Å². The molecule has 0 spiro atoms. The Bertz CT molecular complexity index is 554. The van der Waals surface area contributed by atoms with Crippen LogP contribution in [-0.2, 0) is 4.79 Å². The Kier molecular flexibility index (Phi) is 3.33. The quantitative estimate of drug-likeness (QED) is 0.695. The zero-order chi connectivity index (χ0) is 13.0. The molecule has 1 aromatic heterocycles. The predicted molar refractivity (Wildman–Crippen MR) is 68.4 cm³/mol. The van der Waals surface area contributed by atoms with Gasteiger partial charge in [0.05, 0.1) is 0 Å². The number of nitrogens with one attached hydrogen (secondary N) is 2. The number of nitrogens with zero attached hydrogens (tertiary/aromatic N) is 3. The highest BCUT2D eigenvalue weighted by Gasteiger charge is 2.07. The fourth-order valence-electron chi connectivity index (χ4n) is 1.35. The topological polar surface area (TPSA) is 106 Å². The molecular formula is C11H12N6O. The first-order chi connectivity index (χ1) is 8.69. The van der Waals surface area contributed by atoms with Crippen LogP contribution < -0.4 is 16.4 Å². The van der Waals surface area contributed by atoms with Crippen molar-refractivity contribution in [2.24, 2.45) is 0 Å². The van der Waals surface area contributed by atoms with Crippen molar-refractivity contribution in [1.82, 2.24) is 15.2 Å². The SMILES string of the molecule is Cc1ccc(Nc2nc(N)nnc2NC=O)cc1. The molecule has 92 valence electrons. The molecule has 0 atom stereocenters. The van der Waals surface area contributed by atoms with Gasteiger partial charge in [0.25, 0.3) is 0 Å². The van der Waals surface area contributed by atoms with Gasteiger partial charge in [-0.2, -0.15) is 4.98 Å². The van der Waals surface area contributed by atoms with Gasteiger partial charge in [0.2, 0.25) is 12.4 Å². The molecule has 0 bridgehead atoms. The van der Waals surface area contributed by atoms with Crippen molar-refractivity contribution >= 4 is 29.7 Å². The molecule has 4 N–H and O–H groups in total. The van der Waals surface area contributed by atoms with E-state index in [1.165, 1.54) is 0 Å². The normalized spacial score (nSPS) is 9.83. The van der Waals surface area contributed by atoms with Gasteiger partial charge in [0, 0.05) is 5.69 Å². The second-order valence-corrected chi connectivity index (χ2v) is 3.62. The van der Waals surface area contributed by atoms with Crippen LogP contribution in [0, 0.1) is 6.92 Å². The summed E-state index contributed by atoms with van der Waals surface area (Å²) in [5, 5.41) is 12.7. The lowest BCUT2D eigenvalue weighted by molar-refractivity contribution is -0.105. The lowest BCUT2D eigenvalue weighted by Crippen LogP contribution is -2.08. The molecule has 2 rings (SSSR count). The summed E-state index contributed by atoms with van der Waals surface area (Å²) in [6, 6.07) is 7.68. The highest BCUT2D eigenvalue weighted by molar-refractivity contribution is 5.78. The van der Waals surface area contributed by atoms with E-state index in [0.29, 0.717) is 12.2 Å². The third-order valence-corrected chi connectivity index (χ3v) is 2.21. The van der Waals surface area contributed by atoms with Crippen molar-refractivity contribution in [2.45, 2.75) is 6.92 Å². The highest BCUT2D eigenvalue weighted by atomic mass is 16.1. The Balaban J connectivity index is 2.29. The number of nitrogen functional groups attached to an aromatic ring is 1. The van der Waals surface area contributed by atoms with E-state index in [-0.39, 0.29) is 11.8 Å². The largest absolute Gasteiger partial charge is 0.366 e. The Morgan fingerprint density at radius 3 is 2.56 bits per heavy atom. The molecule has 0 aliphatic carbocycles. The molecule has 7 heteroatoms. The fourth-order valence-corrected chi connectivity index (χ4v) is 1.35. The number of amides is 1. The van der Waals surface area contributed by atoms with Gasteiger partial charge < -0.3 is 16.4 Å². The van der Waals surface area contributed by atoms with Gasteiger partial charge in [-0.3, -0.25) is 4.79 Å². The number of hydrogen-bond acceptors (Lipinski definition) is 6. The van der Waals surface area contributed by atoms with E-state index in [4.69, 9.17) is 5.73 Å². The molecule has 0 aliphatic rings. The van der Waals surface area contributed by atoms with E-state index < -0.39 is 0 Å². The second-order valence-electron chi connectivity index (χ2n) is 3.62. The minimum Gasteiger partial charge on any atom is -0.366 e. The summed E-state index contributed by atoms with van der Waals surface area (Å²) in [4.78, 5) is 14.4. The van der Waals surface area contributed by atoms with Crippen LogP contribution in [0.4, 0.5) is 23.3 Å². The van der Waals surface area contributed by atoms with Crippen LogP contribution in [-0.4, -0.2) is 21.6 Å². The van der Waals surface area contributed by atoms with Crippen molar-refractivity contribution in [3.05, 3.63) is 29.8 Å². The van der Waals surface area contributed by atoms with E-state index in [9.17, 15) is 4.79 Å². The van der Waals surface area contributed by atoms with E-state index >= 15 is 0 Å². The van der Waals surface area contributed by atoms with Crippen molar-refractivity contribution in [3.63, 3.8) is 0 Å². The average molecular weight is 244 g/mol. The molecule has 1 heterocycles. The van der Waals surface area contributed by atoms with Gasteiger partial charge in [0.15, 0.2) is 11.6 Å². The Morgan fingerprint density at radius 2 is 1.89 bits per heavy atom. The molecule has 18 heavy (non-hydrogen) atoms. The average Bonchev–Trinajstić information content (AvgIpc) is 2.36. The molecule has 0 unspecified atom stereocenters. The van der Waals surface area contributed by atoms with E-state index in [0.717, 1.165) is 11.3 Å². The molecule has 0 fully saturated rings. The van der Waals surface area contributed by atoms with Crippen LogP contribution in [0.1, 0.15) is 5.56 Å². The molecule has 1 aromatic carbocycles. The first kappa shape index (κ1) is 11.8. The molecule has 0 radical (unpaired) electrons. The highest BCUT2D eigenvalue weighted by Crippen LogP contribution is 2.20. The summed E-state index contributed by atoms with van der Waals surface area (Å²) in [5.41, 5.74) is 7.42. The van der Waals surface area contributed by atoms with Gasteiger partial charge in [0.1, 0.15) is 0 Å². The molecular weight excluding hydrogens is 232 g/mol. The van der Waals surface area contributed by atoms with Gasteiger partial charge in [-0.05, 0) is 19.1 Å². The monoisotopic (exact) mass is 244 g/mol. The van der Waals surface area contributed by atoms with Gasteiger partial charge in [-0.15, -0.1) is 10.2 Å². The molecule has 7 nitrogen and oxygen atoms in total. The maximum absolute atomic E-state index is 10.4. The maximum atomic E-state index is 10.4. The number of rotatable bonds is 4. The Labute approximate surface area is 103 Å². The number of carbonyl (C=O) groups is 1. The minimum absolute atomic E-state index is 0.0288. The molecule has 0 saturated carbocycles. The number of benzene rings is 1. The molecule has 1 amide bonds. The zero-order valence-electron chi connectivity index (χ0n) is 9.71. The summed E-state index contributed by atoms with van der Waals surface area (Å²) in [7, 11) is 0. The number of carbonyl (C=O) groups excluding carboxylic acids is 1. The lowest BCUT2D eigenvalue weighted by atomic mass is 10.2. The third-order valence-electron chi connectivity index (χ3n) is 2.21. The van der Waals surface area contributed by atoms with Crippen LogP contribution >= 0.6 is 0 Å². The summed E-state index contributed by atoms with van der Waals surface area (Å²) in [5.74, 6) is 0.597. The molecule has 0 aliphatic heterocycles. The van der Waals surface area contributed by atoms with E-state index in [1.807, 2.05) is 31.2 Å². The first-order valence-corrected chi connectivity index (χ1v) is 5.23. The predicted octanol–water partition coefficient (Wildman–Crippen LogP) is 1.07. The van der Waals surface area contributed by atoms with Crippen molar-refractivity contribution in [1.29, 1.82) is 0 Å². The minimum atomic E-state index is 0.0288. The van der Waals surface area contributed by atoms with Crippen LogP contribution in [0.2, 0.25) is 0 Å². The lowest BCUT2D eigenvalue weighted by Gasteiger charge is -2.09. The van der Waals surface area contributed by atoms with Gasteiger partial charge in [-0.1, -0.05) is 17.7 Å². The maximum Gasteiger partial charge on any atom is 0.242 e. The van der Waals surface area contributed by atoms with Crippen molar-refractivity contribution < 1.29 is 4.79 Å². The van der Waals surface area contributed by atoms with Crippen LogP contribution in [0.3, 0.4) is 0 Å². The number of anilines is 4.